The van der Waals surface area contributed by atoms with Crippen molar-refractivity contribution in [2.75, 3.05) is 6.54 Å². The van der Waals surface area contributed by atoms with Crippen molar-refractivity contribution in [2.45, 2.75) is 12.8 Å². The van der Waals surface area contributed by atoms with Gasteiger partial charge in [0.2, 0.25) is 0 Å². The first kappa shape index (κ1) is 12.7. The SMILES string of the molecule is NCCCc1cc(-c2ccc(F)cc2)ccc1F. The van der Waals surface area contributed by atoms with Crippen LogP contribution in [-0.2, 0) is 6.42 Å². The Balaban J connectivity index is 2.31. The molecule has 2 aromatic rings. The summed E-state index contributed by atoms with van der Waals surface area (Å²) in [5, 5.41) is 0. The van der Waals surface area contributed by atoms with Crippen LogP contribution in [0.25, 0.3) is 11.1 Å². The van der Waals surface area contributed by atoms with Crippen molar-refractivity contribution in [3.05, 3.63) is 59.7 Å². The quantitative estimate of drug-likeness (QED) is 0.878. The van der Waals surface area contributed by atoms with Crippen LogP contribution in [0.2, 0.25) is 0 Å². The Kier molecular flexibility index (Phi) is 4.05. The van der Waals surface area contributed by atoms with Crippen molar-refractivity contribution in [1.82, 2.24) is 0 Å². The highest BCUT2D eigenvalue weighted by Crippen LogP contribution is 2.23. The minimum atomic E-state index is -0.274. The van der Waals surface area contributed by atoms with Crippen LogP contribution in [0, 0.1) is 11.6 Å². The molecule has 18 heavy (non-hydrogen) atoms. The molecule has 0 saturated carbocycles. The predicted octanol–water partition coefficient (Wildman–Crippen LogP) is 3.52. The van der Waals surface area contributed by atoms with Crippen LogP contribution in [-0.4, -0.2) is 6.54 Å². The molecule has 0 aromatic heterocycles. The van der Waals surface area contributed by atoms with Crippen LogP contribution in [0.15, 0.2) is 42.5 Å². The van der Waals surface area contributed by atoms with Gasteiger partial charge in [-0.25, -0.2) is 8.78 Å². The lowest BCUT2D eigenvalue weighted by Gasteiger charge is -2.07. The number of benzene rings is 2. The molecule has 3 heteroatoms. The Morgan fingerprint density at radius 2 is 1.56 bits per heavy atom. The van der Waals surface area contributed by atoms with Crippen molar-refractivity contribution in [1.29, 1.82) is 0 Å². The molecule has 0 saturated heterocycles. The monoisotopic (exact) mass is 247 g/mol. The molecule has 0 radical (unpaired) electrons. The highest BCUT2D eigenvalue weighted by molar-refractivity contribution is 5.64. The minimum absolute atomic E-state index is 0.214. The Labute approximate surface area is 105 Å². The fourth-order valence-corrected chi connectivity index (χ4v) is 1.88. The second-order valence-electron chi connectivity index (χ2n) is 4.21. The number of rotatable bonds is 4. The van der Waals surface area contributed by atoms with E-state index in [9.17, 15) is 8.78 Å². The largest absolute Gasteiger partial charge is 0.330 e. The maximum atomic E-state index is 13.6. The van der Waals surface area contributed by atoms with Gasteiger partial charge in [-0.15, -0.1) is 0 Å². The van der Waals surface area contributed by atoms with E-state index in [0.717, 1.165) is 17.5 Å². The van der Waals surface area contributed by atoms with Crippen molar-refractivity contribution in [3.8, 4) is 11.1 Å². The van der Waals surface area contributed by atoms with Gasteiger partial charge in [0.05, 0.1) is 0 Å². The summed E-state index contributed by atoms with van der Waals surface area (Å²) in [5.74, 6) is -0.487. The Morgan fingerprint density at radius 3 is 2.22 bits per heavy atom. The van der Waals surface area contributed by atoms with Gasteiger partial charge in [-0.1, -0.05) is 18.2 Å². The third kappa shape index (κ3) is 2.93. The van der Waals surface area contributed by atoms with Gasteiger partial charge in [-0.05, 0) is 60.3 Å². The van der Waals surface area contributed by atoms with Crippen LogP contribution in [0.4, 0.5) is 8.78 Å². The zero-order chi connectivity index (χ0) is 13.0. The first-order chi connectivity index (χ1) is 8.70. The lowest BCUT2D eigenvalue weighted by Crippen LogP contribution is -2.01. The number of hydrogen-bond donors (Lipinski definition) is 1. The van der Waals surface area contributed by atoms with E-state index < -0.39 is 0 Å². The van der Waals surface area contributed by atoms with Crippen LogP contribution in [0.5, 0.6) is 0 Å². The van der Waals surface area contributed by atoms with Gasteiger partial charge in [0.15, 0.2) is 0 Å². The Bertz CT molecular complexity index is 521. The second-order valence-corrected chi connectivity index (χ2v) is 4.21. The van der Waals surface area contributed by atoms with Crippen molar-refractivity contribution >= 4 is 0 Å². The van der Waals surface area contributed by atoms with Crippen LogP contribution in [0.3, 0.4) is 0 Å². The molecule has 2 N–H and O–H groups in total. The average molecular weight is 247 g/mol. The Hall–Kier alpha value is -1.74. The van der Waals surface area contributed by atoms with Gasteiger partial charge in [-0.2, -0.15) is 0 Å². The van der Waals surface area contributed by atoms with Gasteiger partial charge in [0.1, 0.15) is 11.6 Å². The summed E-state index contributed by atoms with van der Waals surface area (Å²) in [6.45, 7) is 0.542. The van der Waals surface area contributed by atoms with Crippen molar-refractivity contribution in [3.63, 3.8) is 0 Å². The Morgan fingerprint density at radius 1 is 0.889 bits per heavy atom. The lowest BCUT2D eigenvalue weighted by atomic mass is 10.0. The molecular weight excluding hydrogens is 232 g/mol. The molecule has 0 heterocycles. The van der Waals surface area contributed by atoms with E-state index in [1.165, 1.54) is 18.2 Å². The zero-order valence-corrected chi connectivity index (χ0v) is 10.00. The van der Waals surface area contributed by atoms with E-state index in [2.05, 4.69) is 0 Å². The highest BCUT2D eigenvalue weighted by atomic mass is 19.1. The van der Waals surface area contributed by atoms with Gasteiger partial charge >= 0.3 is 0 Å². The molecule has 0 fully saturated rings. The highest BCUT2D eigenvalue weighted by Gasteiger charge is 2.05. The maximum absolute atomic E-state index is 13.6. The molecule has 2 aromatic carbocycles. The third-order valence-electron chi connectivity index (χ3n) is 2.87. The first-order valence-corrected chi connectivity index (χ1v) is 5.95. The standard InChI is InChI=1S/C15H15F2N/c16-14-6-3-11(4-7-14)12-5-8-15(17)13(10-12)2-1-9-18/h3-8,10H,1-2,9,18H2. The van der Waals surface area contributed by atoms with Crippen molar-refractivity contribution < 1.29 is 8.78 Å². The lowest BCUT2D eigenvalue weighted by molar-refractivity contribution is 0.605. The number of hydrogen-bond acceptors (Lipinski definition) is 1. The third-order valence-corrected chi connectivity index (χ3v) is 2.87. The number of halogens is 2. The summed E-state index contributed by atoms with van der Waals surface area (Å²) >= 11 is 0. The molecule has 0 aliphatic heterocycles. The topological polar surface area (TPSA) is 26.0 Å². The molecular formula is C15H15F2N. The fourth-order valence-electron chi connectivity index (χ4n) is 1.88. The molecule has 0 aliphatic carbocycles. The first-order valence-electron chi connectivity index (χ1n) is 5.95. The molecule has 0 atom stereocenters. The van der Waals surface area contributed by atoms with Gasteiger partial charge < -0.3 is 5.73 Å². The molecule has 0 amide bonds. The van der Waals surface area contributed by atoms with E-state index in [0.29, 0.717) is 18.5 Å². The second kappa shape index (κ2) is 5.74. The van der Waals surface area contributed by atoms with Gasteiger partial charge in [0, 0.05) is 0 Å². The summed E-state index contributed by atoms with van der Waals surface area (Å²) in [7, 11) is 0. The zero-order valence-electron chi connectivity index (χ0n) is 10.00. The van der Waals surface area contributed by atoms with Crippen LogP contribution < -0.4 is 5.73 Å². The van der Waals surface area contributed by atoms with Crippen molar-refractivity contribution in [2.24, 2.45) is 5.73 Å². The van der Waals surface area contributed by atoms with E-state index in [4.69, 9.17) is 5.73 Å². The normalized spacial score (nSPS) is 10.6. The molecule has 0 bridgehead atoms. The molecule has 2 rings (SSSR count). The van der Waals surface area contributed by atoms with E-state index in [1.807, 2.05) is 0 Å². The number of aryl methyl sites for hydroxylation is 1. The summed E-state index contributed by atoms with van der Waals surface area (Å²) in [6.07, 6.45) is 1.38. The van der Waals surface area contributed by atoms with E-state index in [-0.39, 0.29) is 11.6 Å². The molecule has 94 valence electrons. The average Bonchev–Trinajstić information content (AvgIpc) is 2.39. The van der Waals surface area contributed by atoms with E-state index >= 15 is 0 Å². The minimum Gasteiger partial charge on any atom is -0.330 e. The molecule has 0 unspecified atom stereocenters. The predicted molar refractivity (Wildman–Crippen MR) is 69.2 cm³/mol. The maximum Gasteiger partial charge on any atom is 0.126 e. The van der Waals surface area contributed by atoms with Gasteiger partial charge in [0.25, 0.3) is 0 Å². The fraction of sp³-hybridized carbons (Fsp3) is 0.200. The van der Waals surface area contributed by atoms with Gasteiger partial charge in [-0.3, -0.25) is 0 Å². The summed E-state index contributed by atoms with van der Waals surface area (Å²) in [6, 6.07) is 11.1. The molecule has 1 nitrogen and oxygen atoms in total. The number of nitrogens with two attached hydrogens (primary N) is 1. The van der Waals surface area contributed by atoms with Crippen LogP contribution in [0.1, 0.15) is 12.0 Å². The molecule has 0 spiro atoms. The van der Waals surface area contributed by atoms with E-state index in [1.54, 1.807) is 24.3 Å². The summed E-state index contributed by atoms with van der Waals surface area (Å²) in [4.78, 5) is 0. The summed E-state index contributed by atoms with van der Waals surface area (Å²) < 4.78 is 26.4. The van der Waals surface area contributed by atoms with Crippen LogP contribution >= 0.6 is 0 Å². The molecule has 0 aliphatic rings. The smallest absolute Gasteiger partial charge is 0.126 e. The summed E-state index contributed by atoms with van der Waals surface area (Å²) in [5.41, 5.74) is 7.86.